The molecule has 1 aliphatic rings. The van der Waals surface area contributed by atoms with Gasteiger partial charge >= 0.3 is 0 Å². The SMILES string of the molecule is CCCc1nc(CCN2CCCC(C)C2)sc1CNC. The highest BCUT2D eigenvalue weighted by atomic mass is 32.1. The lowest BCUT2D eigenvalue weighted by Gasteiger charge is -2.30. The molecule has 1 aliphatic heterocycles. The fraction of sp³-hybridized carbons (Fsp3) is 0.812. The Hall–Kier alpha value is -0.450. The molecule has 0 amide bonds. The van der Waals surface area contributed by atoms with E-state index in [9.17, 15) is 0 Å². The van der Waals surface area contributed by atoms with Crippen LogP contribution in [0.2, 0.25) is 0 Å². The van der Waals surface area contributed by atoms with E-state index >= 15 is 0 Å². The van der Waals surface area contributed by atoms with Gasteiger partial charge in [-0.1, -0.05) is 20.3 Å². The molecule has 0 bridgehead atoms. The lowest BCUT2D eigenvalue weighted by Crippen LogP contribution is -2.35. The number of likely N-dealkylation sites (tertiary alicyclic amines) is 1. The van der Waals surface area contributed by atoms with Gasteiger partial charge < -0.3 is 10.2 Å². The summed E-state index contributed by atoms with van der Waals surface area (Å²) in [6.07, 6.45) is 6.20. The molecule has 114 valence electrons. The van der Waals surface area contributed by atoms with E-state index in [2.05, 4.69) is 24.1 Å². The summed E-state index contributed by atoms with van der Waals surface area (Å²) < 4.78 is 0. The summed E-state index contributed by atoms with van der Waals surface area (Å²) in [6.45, 7) is 9.31. The molecule has 0 spiro atoms. The third-order valence-electron chi connectivity index (χ3n) is 4.03. The topological polar surface area (TPSA) is 28.2 Å². The van der Waals surface area contributed by atoms with Crippen LogP contribution in [0, 0.1) is 5.92 Å². The van der Waals surface area contributed by atoms with Crippen LogP contribution in [0.5, 0.6) is 0 Å². The molecule has 0 aliphatic carbocycles. The zero-order valence-corrected chi connectivity index (χ0v) is 14.1. The van der Waals surface area contributed by atoms with Gasteiger partial charge in [-0.25, -0.2) is 4.98 Å². The smallest absolute Gasteiger partial charge is 0.0944 e. The molecular formula is C16H29N3S. The zero-order chi connectivity index (χ0) is 14.4. The van der Waals surface area contributed by atoms with Gasteiger partial charge in [-0.2, -0.15) is 0 Å². The van der Waals surface area contributed by atoms with Gasteiger partial charge in [0, 0.05) is 30.9 Å². The standard InChI is InChI=1S/C16H29N3S/c1-4-6-14-15(11-17-3)20-16(18-14)8-10-19-9-5-7-13(2)12-19/h13,17H,4-12H2,1-3H3. The van der Waals surface area contributed by atoms with Crippen LogP contribution in [-0.4, -0.2) is 36.6 Å². The molecular weight excluding hydrogens is 266 g/mol. The minimum Gasteiger partial charge on any atom is -0.315 e. The van der Waals surface area contributed by atoms with Gasteiger partial charge in [-0.3, -0.25) is 0 Å². The molecule has 1 aromatic rings. The molecule has 0 saturated carbocycles. The van der Waals surface area contributed by atoms with Gasteiger partial charge in [-0.15, -0.1) is 11.3 Å². The Morgan fingerprint density at radius 1 is 1.40 bits per heavy atom. The van der Waals surface area contributed by atoms with Gasteiger partial charge in [0.05, 0.1) is 10.7 Å². The predicted molar refractivity (Wildman–Crippen MR) is 87.4 cm³/mol. The average molecular weight is 295 g/mol. The van der Waals surface area contributed by atoms with Crippen LogP contribution < -0.4 is 5.32 Å². The highest BCUT2D eigenvalue weighted by Crippen LogP contribution is 2.22. The fourth-order valence-electron chi connectivity index (χ4n) is 3.02. The van der Waals surface area contributed by atoms with Crippen molar-refractivity contribution in [1.82, 2.24) is 15.2 Å². The van der Waals surface area contributed by atoms with E-state index in [-0.39, 0.29) is 0 Å². The van der Waals surface area contributed by atoms with Crippen LogP contribution in [0.1, 0.15) is 48.7 Å². The molecule has 0 aromatic carbocycles. The average Bonchev–Trinajstić information content (AvgIpc) is 2.80. The summed E-state index contributed by atoms with van der Waals surface area (Å²) in [7, 11) is 2.02. The number of rotatable bonds is 7. The molecule has 1 aromatic heterocycles. The normalized spacial score (nSPS) is 20.4. The Balaban J connectivity index is 1.90. The number of thiazole rings is 1. The van der Waals surface area contributed by atoms with Gasteiger partial charge in [0.15, 0.2) is 0 Å². The van der Waals surface area contributed by atoms with Crippen LogP contribution in [0.3, 0.4) is 0 Å². The minimum atomic E-state index is 0.871. The lowest BCUT2D eigenvalue weighted by molar-refractivity contribution is 0.186. The van der Waals surface area contributed by atoms with Crippen LogP contribution in [0.25, 0.3) is 0 Å². The lowest BCUT2D eigenvalue weighted by atomic mass is 10.0. The molecule has 1 saturated heterocycles. The Morgan fingerprint density at radius 3 is 2.95 bits per heavy atom. The van der Waals surface area contributed by atoms with Gasteiger partial charge in [0.25, 0.3) is 0 Å². The first kappa shape index (κ1) is 15.9. The van der Waals surface area contributed by atoms with Crippen LogP contribution in [0.4, 0.5) is 0 Å². The summed E-state index contributed by atoms with van der Waals surface area (Å²) in [4.78, 5) is 8.93. The molecule has 1 fully saturated rings. The molecule has 2 heterocycles. The van der Waals surface area contributed by atoms with Gasteiger partial charge in [-0.05, 0) is 38.8 Å². The maximum absolute atomic E-state index is 4.87. The molecule has 1 atom stereocenters. The van der Waals surface area contributed by atoms with Gasteiger partial charge in [0.1, 0.15) is 0 Å². The number of nitrogens with one attached hydrogen (secondary N) is 1. The van der Waals surface area contributed by atoms with Crippen molar-refractivity contribution in [3.05, 3.63) is 15.6 Å². The monoisotopic (exact) mass is 295 g/mol. The van der Waals surface area contributed by atoms with E-state index < -0.39 is 0 Å². The molecule has 4 heteroatoms. The van der Waals surface area contributed by atoms with Crippen molar-refractivity contribution >= 4 is 11.3 Å². The maximum Gasteiger partial charge on any atom is 0.0944 e. The fourth-order valence-corrected chi connectivity index (χ4v) is 4.13. The minimum absolute atomic E-state index is 0.871. The number of hydrogen-bond acceptors (Lipinski definition) is 4. The number of hydrogen-bond donors (Lipinski definition) is 1. The van der Waals surface area contributed by atoms with Crippen molar-refractivity contribution in [2.24, 2.45) is 5.92 Å². The highest BCUT2D eigenvalue weighted by Gasteiger charge is 2.17. The first-order valence-corrected chi connectivity index (χ1v) is 8.89. The van der Waals surface area contributed by atoms with E-state index in [0.717, 1.165) is 25.3 Å². The molecule has 1 N–H and O–H groups in total. The third-order valence-corrected chi connectivity index (χ3v) is 5.19. The molecule has 3 nitrogen and oxygen atoms in total. The van der Waals surface area contributed by atoms with Gasteiger partial charge in [0.2, 0.25) is 0 Å². The number of aryl methyl sites for hydroxylation is 1. The van der Waals surface area contributed by atoms with E-state index in [1.807, 2.05) is 18.4 Å². The first-order valence-electron chi connectivity index (χ1n) is 8.07. The maximum atomic E-state index is 4.87. The van der Waals surface area contributed by atoms with E-state index in [0.29, 0.717) is 0 Å². The van der Waals surface area contributed by atoms with E-state index in [4.69, 9.17) is 4.98 Å². The second kappa shape index (κ2) is 8.11. The Kier molecular flexibility index (Phi) is 6.46. The molecule has 2 rings (SSSR count). The number of nitrogens with zero attached hydrogens (tertiary/aromatic N) is 2. The quantitative estimate of drug-likeness (QED) is 0.838. The van der Waals surface area contributed by atoms with Crippen molar-refractivity contribution in [2.45, 2.75) is 52.5 Å². The first-order chi connectivity index (χ1) is 9.72. The Labute approximate surface area is 127 Å². The van der Waals surface area contributed by atoms with E-state index in [1.165, 1.54) is 54.5 Å². The highest BCUT2D eigenvalue weighted by molar-refractivity contribution is 7.11. The van der Waals surface area contributed by atoms with Crippen molar-refractivity contribution in [3.8, 4) is 0 Å². The van der Waals surface area contributed by atoms with Crippen molar-refractivity contribution in [3.63, 3.8) is 0 Å². The van der Waals surface area contributed by atoms with E-state index in [1.54, 1.807) is 0 Å². The van der Waals surface area contributed by atoms with Crippen molar-refractivity contribution < 1.29 is 0 Å². The van der Waals surface area contributed by atoms with Crippen LogP contribution >= 0.6 is 11.3 Å². The largest absolute Gasteiger partial charge is 0.315 e. The van der Waals surface area contributed by atoms with Crippen molar-refractivity contribution in [2.75, 3.05) is 26.7 Å². The summed E-state index contributed by atoms with van der Waals surface area (Å²) in [5.41, 5.74) is 1.33. The summed E-state index contributed by atoms with van der Waals surface area (Å²) >= 11 is 1.91. The van der Waals surface area contributed by atoms with Crippen LogP contribution in [0.15, 0.2) is 0 Å². The number of aromatic nitrogens is 1. The number of piperidine rings is 1. The zero-order valence-electron chi connectivity index (χ0n) is 13.2. The summed E-state index contributed by atoms with van der Waals surface area (Å²) in [5, 5.41) is 4.60. The third kappa shape index (κ3) is 4.54. The second-order valence-electron chi connectivity index (χ2n) is 6.06. The Morgan fingerprint density at radius 2 is 2.25 bits per heavy atom. The Bertz CT molecular complexity index is 379. The molecule has 0 radical (unpaired) electrons. The summed E-state index contributed by atoms with van der Waals surface area (Å²) in [6, 6.07) is 0. The molecule has 1 unspecified atom stereocenters. The predicted octanol–water partition coefficient (Wildman–Crippen LogP) is 3.09. The van der Waals surface area contributed by atoms with Crippen LogP contribution in [-0.2, 0) is 19.4 Å². The molecule has 20 heavy (non-hydrogen) atoms. The second-order valence-corrected chi connectivity index (χ2v) is 7.22. The summed E-state index contributed by atoms with van der Waals surface area (Å²) in [5.74, 6) is 0.871. The van der Waals surface area contributed by atoms with Crippen molar-refractivity contribution in [1.29, 1.82) is 0 Å².